The molecule has 1 heterocycles. The smallest absolute Gasteiger partial charge is 0.124 e. The summed E-state index contributed by atoms with van der Waals surface area (Å²) in [6.45, 7) is 0. The zero-order chi connectivity index (χ0) is 11.0. The Morgan fingerprint density at radius 1 is 0.875 bits per heavy atom. The second-order valence-corrected chi connectivity index (χ2v) is 3.76. The van der Waals surface area contributed by atoms with Crippen molar-refractivity contribution in [2.75, 3.05) is 0 Å². The van der Waals surface area contributed by atoms with Crippen LogP contribution in [0.15, 0.2) is 54.7 Å². The minimum absolute atomic E-state index is 0.318. The van der Waals surface area contributed by atoms with Gasteiger partial charge in [-0.3, -0.25) is 0 Å². The number of benzene rings is 2. The van der Waals surface area contributed by atoms with Gasteiger partial charge in [-0.25, -0.2) is 0 Å². The van der Waals surface area contributed by atoms with E-state index in [-0.39, 0.29) is 0 Å². The van der Waals surface area contributed by atoms with Crippen LogP contribution in [0.2, 0.25) is 0 Å². The third kappa shape index (κ3) is 1.27. The fraction of sp³-hybridized carbons (Fsp3) is 0. The Balaban J connectivity index is 2.38. The van der Waals surface area contributed by atoms with Crippen LogP contribution in [0.5, 0.6) is 5.75 Å². The quantitative estimate of drug-likeness (QED) is 0.631. The molecule has 0 unspecified atom stereocenters. The number of phenols is 1. The predicted molar refractivity (Wildman–Crippen MR) is 65.4 cm³/mol. The van der Waals surface area contributed by atoms with E-state index in [0.29, 0.717) is 5.75 Å². The average Bonchev–Trinajstić information content (AvgIpc) is 2.78. The molecule has 0 amide bonds. The summed E-state index contributed by atoms with van der Waals surface area (Å²) >= 11 is 0. The number of hydrogen-bond donors (Lipinski definition) is 2. The van der Waals surface area contributed by atoms with Crippen LogP contribution in [-0.2, 0) is 0 Å². The van der Waals surface area contributed by atoms with Gasteiger partial charge in [0, 0.05) is 22.7 Å². The molecule has 0 aliphatic rings. The van der Waals surface area contributed by atoms with Gasteiger partial charge < -0.3 is 10.1 Å². The fourth-order valence-electron chi connectivity index (χ4n) is 2.03. The van der Waals surface area contributed by atoms with Crippen molar-refractivity contribution in [3.63, 3.8) is 0 Å². The number of rotatable bonds is 1. The number of phenolic OH excluding ortho intramolecular Hbond substituents is 1. The van der Waals surface area contributed by atoms with Crippen LogP contribution in [0, 0.1) is 0 Å². The number of hydrogen-bond acceptors (Lipinski definition) is 1. The van der Waals surface area contributed by atoms with Crippen molar-refractivity contribution in [3.05, 3.63) is 54.7 Å². The normalized spacial score (nSPS) is 10.8. The molecule has 2 aromatic carbocycles. The number of nitrogens with one attached hydrogen (secondary N) is 1. The van der Waals surface area contributed by atoms with Crippen molar-refractivity contribution >= 4 is 10.9 Å². The van der Waals surface area contributed by atoms with Crippen LogP contribution in [0.4, 0.5) is 0 Å². The maximum absolute atomic E-state index is 9.97. The lowest BCUT2D eigenvalue weighted by molar-refractivity contribution is 0.478. The third-order valence-electron chi connectivity index (χ3n) is 2.77. The second-order valence-electron chi connectivity index (χ2n) is 3.76. The summed E-state index contributed by atoms with van der Waals surface area (Å²) in [6, 6.07) is 15.5. The van der Waals surface area contributed by atoms with Crippen molar-refractivity contribution in [2.24, 2.45) is 0 Å². The van der Waals surface area contributed by atoms with Crippen molar-refractivity contribution in [1.29, 1.82) is 0 Å². The highest BCUT2D eigenvalue weighted by Crippen LogP contribution is 2.35. The van der Waals surface area contributed by atoms with Crippen LogP contribution in [0.3, 0.4) is 0 Å². The molecule has 3 rings (SSSR count). The van der Waals surface area contributed by atoms with E-state index in [1.165, 1.54) is 0 Å². The van der Waals surface area contributed by atoms with Crippen LogP contribution < -0.4 is 0 Å². The van der Waals surface area contributed by atoms with E-state index in [1.54, 1.807) is 6.07 Å². The van der Waals surface area contributed by atoms with Crippen LogP contribution in [0.1, 0.15) is 0 Å². The number of aromatic hydroxyl groups is 1. The van der Waals surface area contributed by atoms with Gasteiger partial charge in [0.05, 0.1) is 0 Å². The minimum Gasteiger partial charge on any atom is -0.507 e. The van der Waals surface area contributed by atoms with Gasteiger partial charge in [0.1, 0.15) is 5.75 Å². The van der Waals surface area contributed by atoms with Crippen LogP contribution in [-0.4, -0.2) is 10.1 Å². The van der Waals surface area contributed by atoms with Gasteiger partial charge in [-0.15, -0.1) is 0 Å². The second kappa shape index (κ2) is 3.42. The largest absolute Gasteiger partial charge is 0.507 e. The van der Waals surface area contributed by atoms with Crippen LogP contribution >= 0.6 is 0 Å². The Bertz CT molecular complexity index is 626. The minimum atomic E-state index is 0.318. The first kappa shape index (κ1) is 9.04. The van der Waals surface area contributed by atoms with E-state index in [2.05, 4.69) is 4.98 Å². The van der Waals surface area contributed by atoms with Gasteiger partial charge in [-0.2, -0.15) is 0 Å². The molecule has 0 aliphatic heterocycles. The molecule has 1 aromatic heterocycles. The van der Waals surface area contributed by atoms with Crippen molar-refractivity contribution in [1.82, 2.24) is 4.98 Å². The first-order valence-electron chi connectivity index (χ1n) is 5.21. The number of aromatic amines is 1. The molecule has 2 heteroatoms. The molecule has 0 aliphatic carbocycles. The molecule has 2 nitrogen and oxygen atoms in total. The highest BCUT2D eigenvalue weighted by atomic mass is 16.3. The summed E-state index contributed by atoms with van der Waals surface area (Å²) in [7, 11) is 0. The summed E-state index contributed by atoms with van der Waals surface area (Å²) in [4.78, 5) is 3.15. The third-order valence-corrected chi connectivity index (χ3v) is 2.77. The highest BCUT2D eigenvalue weighted by molar-refractivity contribution is 5.98. The van der Waals surface area contributed by atoms with Crippen LogP contribution in [0.25, 0.3) is 22.0 Å². The average molecular weight is 209 g/mol. The number of fused-ring (bicyclic) bond motifs is 1. The van der Waals surface area contributed by atoms with Gasteiger partial charge in [-0.05, 0) is 23.8 Å². The SMILES string of the molecule is Oc1ccc2[nH]ccc2c1-c1ccccc1. The predicted octanol–water partition coefficient (Wildman–Crippen LogP) is 3.54. The van der Waals surface area contributed by atoms with E-state index in [0.717, 1.165) is 22.0 Å². The number of H-pyrrole nitrogens is 1. The monoisotopic (exact) mass is 209 g/mol. The number of aromatic nitrogens is 1. The van der Waals surface area contributed by atoms with E-state index in [4.69, 9.17) is 0 Å². The van der Waals surface area contributed by atoms with Gasteiger partial charge in [0.25, 0.3) is 0 Å². The highest BCUT2D eigenvalue weighted by Gasteiger charge is 2.09. The molecule has 16 heavy (non-hydrogen) atoms. The molecule has 0 radical (unpaired) electrons. The summed E-state index contributed by atoms with van der Waals surface area (Å²) in [5.41, 5.74) is 2.96. The Labute approximate surface area is 93.2 Å². The first-order chi connectivity index (χ1) is 7.86. The van der Waals surface area contributed by atoms with E-state index in [1.807, 2.05) is 48.7 Å². The molecule has 78 valence electrons. The molecule has 0 saturated carbocycles. The van der Waals surface area contributed by atoms with Gasteiger partial charge in [0.15, 0.2) is 0 Å². The lowest BCUT2D eigenvalue weighted by atomic mass is 10.0. The van der Waals surface area contributed by atoms with Gasteiger partial charge >= 0.3 is 0 Å². The summed E-state index contributed by atoms with van der Waals surface area (Å²) < 4.78 is 0. The molecular formula is C14H11NO. The lowest BCUT2D eigenvalue weighted by Crippen LogP contribution is -1.80. The maximum atomic E-state index is 9.97. The van der Waals surface area contributed by atoms with Crippen molar-refractivity contribution in [3.8, 4) is 16.9 Å². The zero-order valence-corrected chi connectivity index (χ0v) is 8.64. The van der Waals surface area contributed by atoms with Gasteiger partial charge in [-0.1, -0.05) is 30.3 Å². The maximum Gasteiger partial charge on any atom is 0.124 e. The molecule has 0 spiro atoms. The fourth-order valence-corrected chi connectivity index (χ4v) is 2.03. The molecule has 0 fully saturated rings. The molecular weight excluding hydrogens is 198 g/mol. The molecule has 2 N–H and O–H groups in total. The molecule has 0 atom stereocenters. The van der Waals surface area contributed by atoms with Crippen molar-refractivity contribution in [2.45, 2.75) is 0 Å². The first-order valence-corrected chi connectivity index (χ1v) is 5.21. The Kier molecular flexibility index (Phi) is 1.93. The molecule has 3 aromatic rings. The van der Waals surface area contributed by atoms with Crippen molar-refractivity contribution < 1.29 is 5.11 Å². The standard InChI is InChI=1S/C14H11NO/c16-13-7-6-12-11(8-9-15-12)14(13)10-4-2-1-3-5-10/h1-9,15-16H. The summed E-state index contributed by atoms with van der Waals surface area (Å²) in [6.07, 6.45) is 1.89. The van der Waals surface area contributed by atoms with E-state index < -0.39 is 0 Å². The Morgan fingerprint density at radius 2 is 1.69 bits per heavy atom. The topological polar surface area (TPSA) is 36.0 Å². The lowest BCUT2D eigenvalue weighted by Gasteiger charge is -2.06. The zero-order valence-electron chi connectivity index (χ0n) is 8.64. The van der Waals surface area contributed by atoms with E-state index in [9.17, 15) is 5.11 Å². The molecule has 0 bridgehead atoms. The Morgan fingerprint density at radius 3 is 2.50 bits per heavy atom. The Hall–Kier alpha value is -2.22. The van der Waals surface area contributed by atoms with E-state index >= 15 is 0 Å². The summed E-state index contributed by atoms with van der Waals surface area (Å²) in [5, 5.41) is 11.0. The summed E-state index contributed by atoms with van der Waals surface area (Å²) in [5.74, 6) is 0.318. The molecule has 0 saturated heterocycles. The van der Waals surface area contributed by atoms with Gasteiger partial charge in [0.2, 0.25) is 0 Å².